The molecule has 1 rings (SSSR count). The second-order valence-electron chi connectivity index (χ2n) is 4.75. The number of hydrogen-bond donors (Lipinski definition) is 2. The maximum absolute atomic E-state index is 9.52. The van der Waals surface area contributed by atoms with Crippen LogP contribution in [0.15, 0.2) is 18.2 Å². The van der Waals surface area contributed by atoms with Gasteiger partial charge in [0.15, 0.2) is 0 Å². The summed E-state index contributed by atoms with van der Waals surface area (Å²) in [4.78, 5) is 2.16. The van der Waals surface area contributed by atoms with Crippen molar-refractivity contribution in [2.45, 2.75) is 39.3 Å². The minimum Gasteiger partial charge on any atom is -0.396 e. The van der Waals surface area contributed by atoms with Crippen LogP contribution in [0.5, 0.6) is 0 Å². The molecule has 0 aromatic heterocycles. The van der Waals surface area contributed by atoms with Crippen molar-refractivity contribution in [2.24, 2.45) is 0 Å². The topological polar surface area (TPSA) is 43.7 Å². The molecular weight excluding hydrogens is 250 g/mol. The van der Waals surface area contributed by atoms with Crippen LogP contribution >= 0.6 is 11.6 Å². The number of aliphatic hydroxyl groups excluding tert-OH is 2. The first-order valence-electron chi connectivity index (χ1n) is 6.32. The van der Waals surface area contributed by atoms with Gasteiger partial charge in [0, 0.05) is 19.2 Å². The van der Waals surface area contributed by atoms with E-state index in [0.29, 0.717) is 17.5 Å². The second-order valence-corrected chi connectivity index (χ2v) is 5.16. The number of rotatable bonds is 6. The van der Waals surface area contributed by atoms with Crippen molar-refractivity contribution in [1.82, 2.24) is 0 Å². The Morgan fingerprint density at radius 1 is 1.28 bits per heavy atom. The summed E-state index contributed by atoms with van der Waals surface area (Å²) in [6.45, 7) is 6.85. The van der Waals surface area contributed by atoms with E-state index in [4.69, 9.17) is 16.7 Å². The van der Waals surface area contributed by atoms with Crippen molar-refractivity contribution in [2.75, 3.05) is 18.1 Å². The van der Waals surface area contributed by atoms with Crippen LogP contribution in [0.1, 0.15) is 38.9 Å². The molecule has 0 amide bonds. The van der Waals surface area contributed by atoms with Crippen molar-refractivity contribution in [3.05, 3.63) is 28.8 Å². The first-order chi connectivity index (χ1) is 8.47. The molecule has 1 aromatic rings. The molecule has 3 nitrogen and oxygen atoms in total. The summed E-state index contributed by atoms with van der Waals surface area (Å²) in [5.74, 6) is 0. The molecule has 0 bridgehead atoms. The fourth-order valence-electron chi connectivity index (χ4n) is 1.91. The largest absolute Gasteiger partial charge is 0.396 e. The van der Waals surface area contributed by atoms with Crippen LogP contribution < -0.4 is 4.90 Å². The van der Waals surface area contributed by atoms with Gasteiger partial charge in [0.2, 0.25) is 0 Å². The van der Waals surface area contributed by atoms with Gasteiger partial charge in [-0.15, -0.1) is 0 Å². The van der Waals surface area contributed by atoms with Crippen molar-refractivity contribution in [3.63, 3.8) is 0 Å². The van der Waals surface area contributed by atoms with Crippen LogP contribution in [0.25, 0.3) is 0 Å². The van der Waals surface area contributed by atoms with Crippen molar-refractivity contribution >= 4 is 17.3 Å². The number of anilines is 1. The summed E-state index contributed by atoms with van der Waals surface area (Å²) in [6, 6.07) is 5.93. The Morgan fingerprint density at radius 2 is 1.94 bits per heavy atom. The van der Waals surface area contributed by atoms with Gasteiger partial charge in [0.25, 0.3) is 0 Å². The Kier molecular flexibility index (Phi) is 5.93. The van der Waals surface area contributed by atoms with Crippen LogP contribution in [-0.2, 0) is 0 Å². The Hall–Kier alpha value is -0.770. The molecule has 0 heterocycles. The Labute approximate surface area is 114 Å². The molecule has 0 saturated heterocycles. The minimum atomic E-state index is -0.513. The second kappa shape index (κ2) is 6.98. The van der Waals surface area contributed by atoms with E-state index in [1.807, 2.05) is 12.1 Å². The van der Waals surface area contributed by atoms with Crippen LogP contribution in [0.3, 0.4) is 0 Å². The highest BCUT2D eigenvalue weighted by molar-refractivity contribution is 6.33. The lowest BCUT2D eigenvalue weighted by molar-refractivity contribution is 0.199. The number of aliphatic hydroxyl groups is 2. The number of nitrogens with zero attached hydrogens (tertiary/aromatic N) is 1. The van der Waals surface area contributed by atoms with Gasteiger partial charge >= 0.3 is 0 Å². The Bertz CT molecular complexity index is 380. The lowest BCUT2D eigenvalue weighted by atomic mass is 10.1. The number of halogens is 1. The normalized spacial score (nSPS) is 12.8. The van der Waals surface area contributed by atoms with Gasteiger partial charge in [0.05, 0.1) is 16.8 Å². The van der Waals surface area contributed by atoms with Gasteiger partial charge in [-0.05, 0) is 44.9 Å². The summed E-state index contributed by atoms with van der Waals surface area (Å²) in [6.07, 6.45) is 0.202. The van der Waals surface area contributed by atoms with Crippen LogP contribution in [0.4, 0.5) is 5.69 Å². The molecule has 0 aliphatic heterocycles. The van der Waals surface area contributed by atoms with E-state index < -0.39 is 6.10 Å². The molecule has 1 atom stereocenters. The monoisotopic (exact) mass is 271 g/mol. The fraction of sp³-hybridized carbons (Fsp3) is 0.571. The molecule has 0 aliphatic rings. The summed E-state index contributed by atoms with van der Waals surface area (Å²) in [5.41, 5.74) is 1.76. The highest BCUT2D eigenvalue weighted by atomic mass is 35.5. The van der Waals surface area contributed by atoms with Gasteiger partial charge in [-0.1, -0.05) is 17.7 Å². The van der Waals surface area contributed by atoms with E-state index in [0.717, 1.165) is 17.8 Å². The van der Waals surface area contributed by atoms with Crippen molar-refractivity contribution in [1.29, 1.82) is 0 Å². The minimum absolute atomic E-state index is 0.173. The van der Waals surface area contributed by atoms with Gasteiger partial charge in [-0.3, -0.25) is 0 Å². The number of hydrogen-bond acceptors (Lipinski definition) is 3. The first-order valence-corrected chi connectivity index (χ1v) is 6.70. The zero-order valence-corrected chi connectivity index (χ0v) is 12.0. The molecule has 18 heavy (non-hydrogen) atoms. The Balaban J connectivity index is 2.98. The Morgan fingerprint density at radius 3 is 2.39 bits per heavy atom. The molecule has 0 saturated carbocycles. The lowest BCUT2D eigenvalue weighted by Crippen LogP contribution is -2.32. The van der Waals surface area contributed by atoms with E-state index in [9.17, 15) is 5.11 Å². The van der Waals surface area contributed by atoms with Crippen LogP contribution in [0.2, 0.25) is 5.02 Å². The van der Waals surface area contributed by atoms with Gasteiger partial charge < -0.3 is 15.1 Å². The molecule has 0 radical (unpaired) electrons. The summed E-state index contributed by atoms with van der Waals surface area (Å²) < 4.78 is 0. The molecule has 0 spiro atoms. The molecule has 4 heteroatoms. The third-order valence-electron chi connectivity index (χ3n) is 2.94. The summed E-state index contributed by atoms with van der Waals surface area (Å²) in [7, 11) is 0. The SMILES string of the molecule is CC(C)N(CCCO)c1ccc([C@@H](C)O)cc1Cl. The van der Waals surface area contributed by atoms with E-state index in [2.05, 4.69) is 18.7 Å². The molecular formula is C14H22ClNO2. The van der Waals surface area contributed by atoms with Gasteiger partial charge in [-0.2, -0.15) is 0 Å². The quantitative estimate of drug-likeness (QED) is 0.836. The van der Waals surface area contributed by atoms with E-state index >= 15 is 0 Å². The predicted molar refractivity (Wildman–Crippen MR) is 76.3 cm³/mol. The third-order valence-corrected chi connectivity index (χ3v) is 3.25. The summed E-state index contributed by atoms with van der Waals surface area (Å²) in [5, 5.41) is 19.1. The molecule has 0 aliphatic carbocycles. The highest BCUT2D eigenvalue weighted by Gasteiger charge is 2.14. The van der Waals surface area contributed by atoms with Gasteiger partial charge in [0.1, 0.15) is 0 Å². The van der Waals surface area contributed by atoms with Crippen LogP contribution in [-0.4, -0.2) is 29.4 Å². The first kappa shape index (κ1) is 15.3. The third kappa shape index (κ3) is 3.87. The van der Waals surface area contributed by atoms with E-state index in [1.54, 1.807) is 13.0 Å². The molecule has 0 unspecified atom stereocenters. The van der Waals surface area contributed by atoms with E-state index in [-0.39, 0.29) is 6.61 Å². The molecule has 102 valence electrons. The zero-order chi connectivity index (χ0) is 13.7. The lowest BCUT2D eigenvalue weighted by Gasteiger charge is -2.30. The fourth-order valence-corrected chi connectivity index (χ4v) is 2.21. The highest BCUT2D eigenvalue weighted by Crippen LogP contribution is 2.30. The predicted octanol–water partition coefficient (Wildman–Crippen LogP) is 2.99. The van der Waals surface area contributed by atoms with Crippen molar-refractivity contribution in [3.8, 4) is 0 Å². The maximum Gasteiger partial charge on any atom is 0.0762 e. The van der Waals surface area contributed by atoms with Crippen molar-refractivity contribution < 1.29 is 10.2 Å². The average molecular weight is 272 g/mol. The molecule has 0 fully saturated rings. The maximum atomic E-state index is 9.52. The van der Waals surface area contributed by atoms with E-state index in [1.165, 1.54) is 0 Å². The molecule has 1 aromatic carbocycles. The standard InChI is InChI=1S/C14H22ClNO2/c1-10(2)16(7-4-8-17)14-6-5-12(11(3)18)9-13(14)15/h5-6,9-11,17-18H,4,7-8H2,1-3H3/t11-/m1/s1. The smallest absolute Gasteiger partial charge is 0.0762 e. The molecule has 2 N–H and O–H groups in total. The summed E-state index contributed by atoms with van der Waals surface area (Å²) >= 11 is 6.28. The zero-order valence-electron chi connectivity index (χ0n) is 11.2. The van der Waals surface area contributed by atoms with Crippen LogP contribution in [0, 0.1) is 0 Å². The number of benzene rings is 1. The average Bonchev–Trinajstić information content (AvgIpc) is 2.30. The van der Waals surface area contributed by atoms with Gasteiger partial charge in [-0.25, -0.2) is 0 Å².